The van der Waals surface area contributed by atoms with Gasteiger partial charge in [-0.1, -0.05) is 66.7 Å². The Hall–Kier alpha value is -3.84. The smallest absolute Gasteiger partial charge is 0.347 e. The lowest BCUT2D eigenvalue weighted by molar-refractivity contribution is 0.0588. The number of carbonyl (C=O) groups is 1. The van der Waals surface area contributed by atoms with Crippen LogP contribution in [-0.2, 0) is 30.8 Å². The number of esters is 1. The van der Waals surface area contributed by atoms with Crippen LogP contribution in [0.3, 0.4) is 0 Å². The number of hydrogen-bond acceptors (Lipinski definition) is 6. The zero-order valence-corrected chi connectivity index (χ0v) is 22.1. The van der Waals surface area contributed by atoms with E-state index in [0.29, 0.717) is 23.6 Å². The van der Waals surface area contributed by atoms with Crippen LogP contribution in [0.25, 0.3) is 11.3 Å². The van der Waals surface area contributed by atoms with Crippen LogP contribution in [0.15, 0.2) is 77.3 Å². The van der Waals surface area contributed by atoms with Gasteiger partial charge in [0.15, 0.2) is 5.56 Å². The molecular weight excluding hydrogens is 532 g/mol. The number of anilines is 1. The second-order valence-corrected chi connectivity index (χ2v) is 9.64. The van der Waals surface area contributed by atoms with Crippen LogP contribution in [0, 0.1) is 0 Å². The number of carbonyl (C=O) groups excluding carboxylic acids is 1. The Labute approximate surface area is 224 Å². The third kappa shape index (κ3) is 5.18. The molecule has 3 aromatic carbocycles. The van der Waals surface area contributed by atoms with Gasteiger partial charge in [0.25, 0.3) is 0 Å². The van der Waals surface area contributed by atoms with E-state index in [0.717, 1.165) is 45.1 Å². The number of pyridine rings is 1. The Morgan fingerprint density at radius 3 is 2.22 bits per heavy atom. The Morgan fingerprint density at radius 2 is 1.57 bits per heavy atom. The number of methoxy groups -OCH3 is 1. The van der Waals surface area contributed by atoms with Gasteiger partial charge in [-0.15, -0.1) is 0 Å². The molecule has 0 spiro atoms. The Morgan fingerprint density at radius 1 is 0.919 bits per heavy atom. The summed E-state index contributed by atoms with van der Waals surface area (Å²) in [6.07, 6.45) is 2.39. The molecule has 5 rings (SSSR count). The first-order valence-corrected chi connectivity index (χ1v) is 12.9. The van der Waals surface area contributed by atoms with Gasteiger partial charge >= 0.3 is 5.97 Å². The van der Waals surface area contributed by atoms with Gasteiger partial charge in [0.1, 0.15) is 19.0 Å². The van der Waals surface area contributed by atoms with E-state index in [9.17, 15) is 4.79 Å². The predicted octanol–water partition coefficient (Wildman–Crippen LogP) is 6.53. The van der Waals surface area contributed by atoms with Crippen LogP contribution in [0.1, 0.15) is 39.0 Å². The third-order valence-corrected chi connectivity index (χ3v) is 7.27. The topological polar surface area (TPSA) is 83.7 Å². The first kappa shape index (κ1) is 24.8. The average Bonchev–Trinajstić information content (AvgIpc) is 3.12. The molecule has 188 valence electrons. The van der Waals surface area contributed by atoms with Crippen LogP contribution in [-0.4, -0.2) is 18.1 Å². The van der Waals surface area contributed by atoms with Crippen molar-refractivity contribution < 1.29 is 19.0 Å². The van der Waals surface area contributed by atoms with Crippen molar-refractivity contribution in [1.29, 1.82) is 0 Å². The highest BCUT2D eigenvalue weighted by Crippen LogP contribution is 2.45. The molecule has 4 aromatic rings. The number of nitrogens with two attached hydrogens (primary N) is 1. The zero-order valence-electron chi connectivity index (χ0n) is 20.5. The molecule has 0 radical (unpaired) electrons. The van der Waals surface area contributed by atoms with Gasteiger partial charge in [0.2, 0.25) is 5.88 Å². The molecule has 0 saturated heterocycles. The summed E-state index contributed by atoms with van der Waals surface area (Å²) in [7, 11) is 1.35. The molecule has 0 saturated carbocycles. The number of aryl methyl sites for hydroxylation is 1. The van der Waals surface area contributed by atoms with E-state index in [4.69, 9.17) is 24.9 Å². The molecule has 1 aromatic heterocycles. The highest BCUT2D eigenvalue weighted by atomic mass is 79.9. The second-order valence-electron chi connectivity index (χ2n) is 8.84. The van der Waals surface area contributed by atoms with Crippen molar-refractivity contribution >= 4 is 27.6 Å². The van der Waals surface area contributed by atoms with Crippen molar-refractivity contribution in [3.05, 3.63) is 105 Å². The highest BCUT2D eigenvalue weighted by Gasteiger charge is 2.31. The number of rotatable bonds is 7. The Balaban J connectivity index is 1.70. The minimum atomic E-state index is -0.558. The summed E-state index contributed by atoms with van der Waals surface area (Å²) in [6, 6.07) is 23.5. The average molecular weight is 559 g/mol. The van der Waals surface area contributed by atoms with Gasteiger partial charge in [-0.25, -0.2) is 9.78 Å². The van der Waals surface area contributed by atoms with Crippen molar-refractivity contribution in [1.82, 2.24) is 4.98 Å². The lowest BCUT2D eigenvalue weighted by Gasteiger charge is -2.21. The number of hydrogen-bond donors (Lipinski definition) is 1. The third-order valence-electron chi connectivity index (χ3n) is 6.42. The van der Waals surface area contributed by atoms with E-state index in [1.807, 2.05) is 72.8 Å². The number of fused-ring (bicyclic) bond motifs is 3. The summed E-state index contributed by atoms with van der Waals surface area (Å²) in [5, 5.41) is 0. The lowest BCUT2D eigenvalue weighted by atomic mass is 9.98. The van der Waals surface area contributed by atoms with Gasteiger partial charge in [-0.3, -0.25) is 0 Å². The quantitative estimate of drug-likeness (QED) is 0.205. The fourth-order valence-corrected chi connectivity index (χ4v) is 5.15. The standard InChI is InChI=1S/C30H27BrN2O4/c1-35-30(34)25-28(36-17-19-9-4-2-5-10-19)22-14-8-13-21-15-16-23(32)26(31)24(21)27(22)33-29(25)37-18-20-11-6-3-7-12-20/h2-7,9-12,15-16H,8,13-14,17-18,32H2,1H3. The molecule has 0 aliphatic heterocycles. The van der Waals surface area contributed by atoms with Gasteiger partial charge in [-0.05, 0) is 57.9 Å². The number of nitrogens with zero attached hydrogens (tertiary/aromatic N) is 1. The summed E-state index contributed by atoms with van der Waals surface area (Å²) in [5.74, 6) is 0.0446. The van der Waals surface area contributed by atoms with Crippen LogP contribution in [0.5, 0.6) is 11.6 Å². The van der Waals surface area contributed by atoms with E-state index < -0.39 is 5.97 Å². The summed E-state index contributed by atoms with van der Waals surface area (Å²) in [5.41, 5.74) is 12.6. The molecule has 1 aliphatic carbocycles. The number of nitrogen functional groups attached to an aromatic ring is 1. The van der Waals surface area contributed by atoms with Gasteiger partial charge in [0.05, 0.1) is 17.3 Å². The SMILES string of the molecule is COC(=O)c1c(OCc2ccccc2)nc2c(c1OCc1ccccc1)CCCc1ccc(N)c(Br)c1-2. The molecule has 7 heteroatoms. The molecule has 37 heavy (non-hydrogen) atoms. The van der Waals surface area contributed by atoms with Gasteiger partial charge in [-0.2, -0.15) is 0 Å². The first-order chi connectivity index (χ1) is 18.1. The molecule has 6 nitrogen and oxygen atoms in total. The molecule has 1 aliphatic rings. The fourth-order valence-electron chi connectivity index (χ4n) is 4.57. The molecule has 1 heterocycles. The summed E-state index contributed by atoms with van der Waals surface area (Å²) < 4.78 is 18.6. The number of halogens is 1. The fraction of sp³-hybridized carbons (Fsp3) is 0.200. The van der Waals surface area contributed by atoms with Crippen molar-refractivity contribution in [3.63, 3.8) is 0 Å². The van der Waals surface area contributed by atoms with E-state index >= 15 is 0 Å². The zero-order chi connectivity index (χ0) is 25.8. The van der Waals surface area contributed by atoms with Crippen molar-refractivity contribution in [3.8, 4) is 22.9 Å². The van der Waals surface area contributed by atoms with Gasteiger partial charge < -0.3 is 19.9 Å². The minimum Gasteiger partial charge on any atom is -0.487 e. The molecule has 0 unspecified atom stereocenters. The lowest BCUT2D eigenvalue weighted by Crippen LogP contribution is -2.14. The van der Waals surface area contributed by atoms with E-state index in [-0.39, 0.29) is 24.7 Å². The van der Waals surface area contributed by atoms with Crippen molar-refractivity contribution in [2.45, 2.75) is 32.5 Å². The molecule has 0 bridgehead atoms. The maximum Gasteiger partial charge on any atom is 0.347 e. The number of ether oxygens (including phenoxy) is 3. The molecule has 2 N–H and O–H groups in total. The van der Waals surface area contributed by atoms with E-state index in [2.05, 4.69) is 15.9 Å². The van der Waals surface area contributed by atoms with Gasteiger partial charge in [0, 0.05) is 16.8 Å². The molecule has 0 amide bonds. The maximum absolute atomic E-state index is 13.2. The number of benzene rings is 3. The van der Waals surface area contributed by atoms with E-state index in [1.54, 1.807) is 0 Å². The maximum atomic E-state index is 13.2. The molecule has 0 atom stereocenters. The normalized spacial score (nSPS) is 12.2. The van der Waals surface area contributed by atoms with Crippen molar-refractivity contribution in [2.75, 3.05) is 12.8 Å². The summed E-state index contributed by atoms with van der Waals surface area (Å²) in [6.45, 7) is 0.518. The first-order valence-electron chi connectivity index (χ1n) is 12.1. The summed E-state index contributed by atoms with van der Waals surface area (Å²) in [4.78, 5) is 18.1. The highest BCUT2D eigenvalue weighted by molar-refractivity contribution is 9.10. The Kier molecular flexibility index (Phi) is 7.42. The van der Waals surface area contributed by atoms with Crippen LogP contribution in [0.4, 0.5) is 5.69 Å². The van der Waals surface area contributed by atoms with Crippen LogP contribution >= 0.6 is 15.9 Å². The largest absolute Gasteiger partial charge is 0.487 e. The predicted molar refractivity (Wildman–Crippen MR) is 147 cm³/mol. The summed E-state index contributed by atoms with van der Waals surface area (Å²) >= 11 is 3.69. The van der Waals surface area contributed by atoms with Crippen molar-refractivity contribution in [2.24, 2.45) is 0 Å². The van der Waals surface area contributed by atoms with Crippen LogP contribution < -0.4 is 15.2 Å². The second kappa shape index (κ2) is 11.0. The van der Waals surface area contributed by atoms with E-state index in [1.165, 1.54) is 7.11 Å². The minimum absolute atomic E-state index is 0.166. The number of aromatic nitrogens is 1. The Bertz CT molecular complexity index is 1430. The molecular formula is C30H27BrN2O4. The van der Waals surface area contributed by atoms with Crippen LogP contribution in [0.2, 0.25) is 0 Å². The monoisotopic (exact) mass is 558 g/mol. The molecule has 0 fully saturated rings.